The van der Waals surface area contributed by atoms with Crippen LogP contribution in [0.2, 0.25) is 0 Å². The standard InChI is InChI=1S/C23H38O/c1-4-7-10-15-24-22-16-18-13-8-9-14-20(18)23(17-21(22)23)19(11-5-2)12-6-3/h16,19,21H,4-15,17H2,1-3H3. The van der Waals surface area contributed by atoms with Crippen molar-refractivity contribution in [2.75, 3.05) is 6.61 Å². The van der Waals surface area contributed by atoms with Crippen LogP contribution in [0.25, 0.3) is 0 Å². The van der Waals surface area contributed by atoms with Crippen molar-refractivity contribution in [3.8, 4) is 0 Å². The smallest absolute Gasteiger partial charge is 0.100 e. The molecule has 1 heteroatoms. The molecule has 2 atom stereocenters. The summed E-state index contributed by atoms with van der Waals surface area (Å²) < 4.78 is 6.35. The topological polar surface area (TPSA) is 9.23 Å². The highest BCUT2D eigenvalue weighted by Gasteiger charge is 2.63. The van der Waals surface area contributed by atoms with E-state index in [1.54, 1.807) is 5.57 Å². The summed E-state index contributed by atoms with van der Waals surface area (Å²) in [5.41, 5.74) is 4.06. The van der Waals surface area contributed by atoms with Gasteiger partial charge >= 0.3 is 0 Å². The molecule has 1 saturated carbocycles. The van der Waals surface area contributed by atoms with E-state index in [0.29, 0.717) is 5.41 Å². The lowest BCUT2D eigenvalue weighted by Crippen LogP contribution is -2.27. The highest BCUT2D eigenvalue weighted by Crippen LogP contribution is 2.71. The number of hydrogen-bond donors (Lipinski definition) is 0. The second kappa shape index (κ2) is 8.11. The molecule has 0 spiro atoms. The first-order valence-corrected chi connectivity index (χ1v) is 10.8. The fourth-order valence-corrected chi connectivity index (χ4v) is 5.60. The summed E-state index contributed by atoms with van der Waals surface area (Å²) in [6.07, 6.45) is 18.6. The Morgan fingerprint density at radius 3 is 2.50 bits per heavy atom. The SMILES string of the molecule is CCCCCOC1=CC2=C(CCCC2)C2(C(CCC)CCC)CC12. The zero-order valence-corrected chi connectivity index (χ0v) is 16.3. The molecule has 1 nitrogen and oxygen atoms in total. The predicted octanol–water partition coefficient (Wildman–Crippen LogP) is 7.18. The maximum atomic E-state index is 6.35. The average molecular weight is 331 g/mol. The van der Waals surface area contributed by atoms with Crippen molar-refractivity contribution in [1.29, 1.82) is 0 Å². The lowest BCUT2D eigenvalue weighted by atomic mass is 9.68. The lowest BCUT2D eigenvalue weighted by molar-refractivity contribution is 0.168. The summed E-state index contributed by atoms with van der Waals surface area (Å²) in [7, 11) is 0. The van der Waals surface area contributed by atoms with E-state index in [1.807, 2.05) is 5.57 Å². The molecule has 0 amide bonds. The predicted molar refractivity (Wildman–Crippen MR) is 103 cm³/mol. The number of fused-ring (bicyclic) bond motifs is 2. The molecule has 0 saturated heterocycles. The van der Waals surface area contributed by atoms with E-state index in [1.165, 1.54) is 82.8 Å². The fourth-order valence-electron chi connectivity index (χ4n) is 5.60. The molecular formula is C23H38O. The maximum absolute atomic E-state index is 6.35. The van der Waals surface area contributed by atoms with Crippen LogP contribution in [-0.4, -0.2) is 6.61 Å². The fraction of sp³-hybridized carbons (Fsp3) is 0.826. The zero-order chi connectivity index (χ0) is 17.0. The third kappa shape index (κ3) is 3.33. The van der Waals surface area contributed by atoms with Gasteiger partial charge < -0.3 is 4.74 Å². The molecule has 0 aromatic rings. The number of allylic oxidation sites excluding steroid dienone is 4. The van der Waals surface area contributed by atoms with Crippen molar-refractivity contribution >= 4 is 0 Å². The Hall–Kier alpha value is -0.720. The molecule has 136 valence electrons. The van der Waals surface area contributed by atoms with Gasteiger partial charge in [0.15, 0.2) is 0 Å². The Labute approximate surface area is 149 Å². The van der Waals surface area contributed by atoms with Gasteiger partial charge in [0.25, 0.3) is 0 Å². The van der Waals surface area contributed by atoms with E-state index in [0.717, 1.165) is 18.4 Å². The van der Waals surface area contributed by atoms with E-state index in [4.69, 9.17) is 4.74 Å². The van der Waals surface area contributed by atoms with Gasteiger partial charge in [0, 0.05) is 11.3 Å². The number of hydrogen-bond acceptors (Lipinski definition) is 1. The van der Waals surface area contributed by atoms with Crippen LogP contribution < -0.4 is 0 Å². The van der Waals surface area contributed by atoms with Gasteiger partial charge in [0.2, 0.25) is 0 Å². The second-order valence-corrected chi connectivity index (χ2v) is 8.38. The first kappa shape index (κ1) is 18.1. The second-order valence-electron chi connectivity index (χ2n) is 8.38. The minimum absolute atomic E-state index is 0.511. The van der Waals surface area contributed by atoms with Crippen molar-refractivity contribution in [3.63, 3.8) is 0 Å². The van der Waals surface area contributed by atoms with E-state index in [2.05, 4.69) is 26.8 Å². The first-order chi connectivity index (χ1) is 11.8. The van der Waals surface area contributed by atoms with Crippen LogP contribution >= 0.6 is 0 Å². The van der Waals surface area contributed by atoms with Crippen LogP contribution in [0.5, 0.6) is 0 Å². The third-order valence-electron chi connectivity index (χ3n) is 6.76. The van der Waals surface area contributed by atoms with Crippen LogP contribution in [-0.2, 0) is 4.74 Å². The van der Waals surface area contributed by atoms with Crippen molar-refractivity contribution in [3.05, 3.63) is 23.0 Å². The van der Waals surface area contributed by atoms with E-state index >= 15 is 0 Å². The molecule has 24 heavy (non-hydrogen) atoms. The van der Waals surface area contributed by atoms with Gasteiger partial charge in [0.05, 0.1) is 6.61 Å². The zero-order valence-electron chi connectivity index (χ0n) is 16.3. The first-order valence-electron chi connectivity index (χ1n) is 10.8. The monoisotopic (exact) mass is 330 g/mol. The molecule has 3 aliphatic carbocycles. The van der Waals surface area contributed by atoms with E-state index < -0.39 is 0 Å². The number of unbranched alkanes of at least 4 members (excludes halogenated alkanes) is 2. The molecule has 0 aliphatic heterocycles. The van der Waals surface area contributed by atoms with Crippen molar-refractivity contribution in [2.45, 2.75) is 97.8 Å². The summed E-state index contributed by atoms with van der Waals surface area (Å²) in [5.74, 6) is 2.98. The average Bonchev–Trinajstić information content (AvgIpc) is 3.36. The van der Waals surface area contributed by atoms with E-state index in [-0.39, 0.29) is 0 Å². The van der Waals surface area contributed by atoms with Gasteiger partial charge in [-0.05, 0) is 68.9 Å². The van der Waals surface area contributed by atoms with Crippen molar-refractivity contribution in [1.82, 2.24) is 0 Å². The van der Waals surface area contributed by atoms with Crippen LogP contribution in [0, 0.1) is 17.3 Å². The maximum Gasteiger partial charge on any atom is 0.100 e. The Bertz CT molecular complexity index is 480. The van der Waals surface area contributed by atoms with Gasteiger partial charge in [0.1, 0.15) is 5.76 Å². The van der Waals surface area contributed by atoms with Gasteiger partial charge in [-0.15, -0.1) is 0 Å². The molecule has 0 radical (unpaired) electrons. The quantitative estimate of drug-likeness (QED) is 0.385. The summed E-state index contributed by atoms with van der Waals surface area (Å²) in [5, 5.41) is 0. The van der Waals surface area contributed by atoms with Crippen LogP contribution in [0.1, 0.15) is 97.8 Å². The van der Waals surface area contributed by atoms with E-state index in [9.17, 15) is 0 Å². The minimum atomic E-state index is 0.511. The molecule has 3 aliphatic rings. The van der Waals surface area contributed by atoms with Gasteiger partial charge in [-0.25, -0.2) is 0 Å². The highest BCUT2D eigenvalue weighted by molar-refractivity contribution is 5.47. The molecule has 0 aromatic heterocycles. The Morgan fingerprint density at radius 1 is 1.04 bits per heavy atom. The summed E-state index contributed by atoms with van der Waals surface area (Å²) in [6.45, 7) is 7.94. The summed E-state index contributed by atoms with van der Waals surface area (Å²) >= 11 is 0. The van der Waals surface area contributed by atoms with Crippen molar-refractivity contribution in [2.24, 2.45) is 17.3 Å². The molecule has 0 bridgehead atoms. The number of ether oxygens (including phenoxy) is 1. The molecule has 0 aromatic carbocycles. The van der Waals surface area contributed by atoms with Crippen LogP contribution in [0.15, 0.2) is 23.0 Å². The van der Waals surface area contributed by atoms with Crippen LogP contribution in [0.3, 0.4) is 0 Å². The largest absolute Gasteiger partial charge is 0.498 e. The third-order valence-corrected chi connectivity index (χ3v) is 6.76. The minimum Gasteiger partial charge on any atom is -0.498 e. The molecular weight excluding hydrogens is 292 g/mol. The van der Waals surface area contributed by atoms with Crippen molar-refractivity contribution < 1.29 is 4.74 Å². The summed E-state index contributed by atoms with van der Waals surface area (Å²) in [4.78, 5) is 0. The molecule has 3 rings (SSSR count). The Kier molecular flexibility index (Phi) is 6.11. The molecule has 2 unspecified atom stereocenters. The normalized spacial score (nSPS) is 28.5. The lowest BCUT2D eigenvalue weighted by Gasteiger charge is -2.37. The van der Waals surface area contributed by atoms with Gasteiger partial charge in [-0.2, -0.15) is 0 Å². The van der Waals surface area contributed by atoms with Gasteiger partial charge in [-0.1, -0.05) is 52.0 Å². The summed E-state index contributed by atoms with van der Waals surface area (Å²) in [6, 6.07) is 0. The molecule has 0 N–H and O–H groups in total. The Morgan fingerprint density at radius 2 is 1.79 bits per heavy atom. The molecule has 1 fully saturated rings. The Balaban J connectivity index is 1.80. The number of rotatable bonds is 10. The van der Waals surface area contributed by atoms with Gasteiger partial charge in [-0.3, -0.25) is 0 Å². The highest BCUT2D eigenvalue weighted by atomic mass is 16.5. The molecule has 0 heterocycles. The van der Waals surface area contributed by atoms with Crippen LogP contribution in [0.4, 0.5) is 0 Å².